The van der Waals surface area contributed by atoms with E-state index in [9.17, 15) is 9.59 Å². The fraction of sp³-hybridized carbons (Fsp3) is 0.867. The average Bonchev–Trinajstić information content (AvgIpc) is 3.21. The molecule has 2 atom stereocenters. The molecule has 0 aromatic carbocycles. The number of likely N-dealkylation sites (tertiary alicyclic amines) is 1. The van der Waals surface area contributed by atoms with E-state index in [-0.39, 0.29) is 29.8 Å². The Hall–Kier alpha value is -1.10. The molecule has 112 valence electrons. The van der Waals surface area contributed by atoms with E-state index in [1.54, 1.807) is 0 Å². The molecule has 20 heavy (non-hydrogen) atoms. The van der Waals surface area contributed by atoms with Gasteiger partial charge in [0.05, 0.1) is 6.04 Å². The quantitative estimate of drug-likeness (QED) is 0.791. The second-order valence-electron chi connectivity index (χ2n) is 6.58. The smallest absolute Gasteiger partial charge is 0.239 e. The van der Waals surface area contributed by atoms with Crippen LogP contribution >= 0.6 is 0 Å². The zero-order valence-corrected chi connectivity index (χ0v) is 12.2. The summed E-state index contributed by atoms with van der Waals surface area (Å²) in [6.45, 7) is 4.65. The van der Waals surface area contributed by atoms with E-state index in [0.717, 1.165) is 51.7 Å². The maximum Gasteiger partial charge on any atom is 0.239 e. The van der Waals surface area contributed by atoms with Gasteiger partial charge < -0.3 is 15.5 Å². The Kier molecular flexibility index (Phi) is 3.96. The number of hydrogen-bond acceptors (Lipinski definition) is 3. The highest BCUT2D eigenvalue weighted by Crippen LogP contribution is 2.29. The fourth-order valence-corrected chi connectivity index (χ4v) is 3.27. The van der Waals surface area contributed by atoms with Crippen molar-refractivity contribution in [3.63, 3.8) is 0 Å². The van der Waals surface area contributed by atoms with Crippen molar-refractivity contribution >= 4 is 11.8 Å². The van der Waals surface area contributed by atoms with Crippen LogP contribution in [0.2, 0.25) is 0 Å². The number of carbonyl (C=O) groups is 2. The normalized spacial score (nSPS) is 31.4. The summed E-state index contributed by atoms with van der Waals surface area (Å²) < 4.78 is 0. The van der Waals surface area contributed by atoms with Crippen molar-refractivity contribution in [3.8, 4) is 0 Å². The van der Waals surface area contributed by atoms with Crippen LogP contribution in [0, 0.1) is 11.8 Å². The molecule has 2 saturated heterocycles. The summed E-state index contributed by atoms with van der Waals surface area (Å²) in [6, 6.07) is 0.272. The van der Waals surface area contributed by atoms with Crippen LogP contribution in [-0.4, -0.2) is 48.4 Å². The Labute approximate surface area is 120 Å². The molecule has 0 bridgehead atoms. The molecule has 1 aliphatic carbocycles. The van der Waals surface area contributed by atoms with Gasteiger partial charge in [-0.1, -0.05) is 6.92 Å². The van der Waals surface area contributed by atoms with Crippen molar-refractivity contribution in [3.05, 3.63) is 0 Å². The Bertz CT molecular complexity index is 387. The molecule has 0 aromatic heterocycles. The first-order chi connectivity index (χ1) is 9.65. The monoisotopic (exact) mass is 279 g/mol. The molecule has 2 unspecified atom stereocenters. The number of nitrogens with one attached hydrogen (secondary N) is 2. The molecule has 5 heteroatoms. The molecular weight excluding hydrogens is 254 g/mol. The van der Waals surface area contributed by atoms with E-state index in [4.69, 9.17) is 0 Å². The summed E-state index contributed by atoms with van der Waals surface area (Å²) in [5.41, 5.74) is 0. The molecule has 3 aliphatic rings. The minimum absolute atomic E-state index is 0.00704. The summed E-state index contributed by atoms with van der Waals surface area (Å²) >= 11 is 0. The molecule has 0 radical (unpaired) electrons. The van der Waals surface area contributed by atoms with Crippen molar-refractivity contribution < 1.29 is 9.59 Å². The van der Waals surface area contributed by atoms with Crippen LogP contribution in [0.3, 0.4) is 0 Å². The van der Waals surface area contributed by atoms with Crippen molar-refractivity contribution in [1.82, 2.24) is 15.5 Å². The largest absolute Gasteiger partial charge is 0.353 e. The predicted molar refractivity (Wildman–Crippen MR) is 76.0 cm³/mol. The van der Waals surface area contributed by atoms with Gasteiger partial charge in [0.25, 0.3) is 0 Å². The van der Waals surface area contributed by atoms with E-state index >= 15 is 0 Å². The lowest BCUT2D eigenvalue weighted by molar-refractivity contribution is -0.135. The van der Waals surface area contributed by atoms with Crippen molar-refractivity contribution in [2.24, 2.45) is 11.8 Å². The summed E-state index contributed by atoms with van der Waals surface area (Å²) in [5, 5.41) is 6.44. The first-order valence-corrected chi connectivity index (χ1v) is 7.97. The van der Waals surface area contributed by atoms with E-state index in [1.807, 2.05) is 4.90 Å². The standard InChI is InChI=1S/C15H25N3O2/c1-10-4-7-16-13(10)15(20)18-8-5-12(6-9-18)17-14(19)11-2-3-11/h10-13,16H,2-9H2,1H3,(H,17,19). The minimum atomic E-state index is 0.00704. The number of amides is 2. The minimum Gasteiger partial charge on any atom is -0.353 e. The molecule has 2 N–H and O–H groups in total. The van der Waals surface area contributed by atoms with Crippen LogP contribution in [0.15, 0.2) is 0 Å². The van der Waals surface area contributed by atoms with Gasteiger partial charge in [0.2, 0.25) is 11.8 Å². The van der Waals surface area contributed by atoms with E-state index in [1.165, 1.54) is 0 Å². The van der Waals surface area contributed by atoms with Gasteiger partial charge in [-0.3, -0.25) is 9.59 Å². The molecule has 0 spiro atoms. The van der Waals surface area contributed by atoms with Gasteiger partial charge in [-0.05, 0) is 44.6 Å². The average molecular weight is 279 g/mol. The highest BCUT2D eigenvalue weighted by molar-refractivity contribution is 5.83. The van der Waals surface area contributed by atoms with E-state index in [2.05, 4.69) is 17.6 Å². The maximum absolute atomic E-state index is 12.4. The second kappa shape index (κ2) is 5.72. The van der Waals surface area contributed by atoms with E-state index in [0.29, 0.717) is 5.92 Å². The lowest BCUT2D eigenvalue weighted by Gasteiger charge is -2.34. The molecule has 2 amide bonds. The Morgan fingerprint density at radius 1 is 1.10 bits per heavy atom. The Morgan fingerprint density at radius 3 is 2.35 bits per heavy atom. The Balaban J connectivity index is 1.45. The van der Waals surface area contributed by atoms with Gasteiger partial charge in [-0.15, -0.1) is 0 Å². The summed E-state index contributed by atoms with van der Waals surface area (Å²) in [7, 11) is 0. The van der Waals surface area contributed by atoms with Gasteiger partial charge in [0, 0.05) is 25.0 Å². The van der Waals surface area contributed by atoms with Gasteiger partial charge in [0.15, 0.2) is 0 Å². The van der Waals surface area contributed by atoms with Gasteiger partial charge in [-0.25, -0.2) is 0 Å². The molecule has 3 rings (SSSR count). The topological polar surface area (TPSA) is 61.4 Å². The van der Waals surface area contributed by atoms with Crippen LogP contribution in [0.5, 0.6) is 0 Å². The highest BCUT2D eigenvalue weighted by atomic mass is 16.2. The lowest BCUT2D eigenvalue weighted by atomic mass is 9.99. The predicted octanol–water partition coefficient (Wildman–Crippen LogP) is 0.502. The van der Waals surface area contributed by atoms with Gasteiger partial charge in [0.1, 0.15) is 0 Å². The number of nitrogens with zero attached hydrogens (tertiary/aromatic N) is 1. The lowest BCUT2D eigenvalue weighted by Crippen LogP contribution is -2.52. The fourth-order valence-electron chi connectivity index (χ4n) is 3.27. The van der Waals surface area contributed by atoms with Crippen LogP contribution in [0.25, 0.3) is 0 Å². The van der Waals surface area contributed by atoms with Crippen molar-refractivity contribution in [1.29, 1.82) is 0 Å². The zero-order chi connectivity index (χ0) is 14.1. The van der Waals surface area contributed by atoms with Crippen LogP contribution in [0.4, 0.5) is 0 Å². The van der Waals surface area contributed by atoms with Crippen molar-refractivity contribution in [2.75, 3.05) is 19.6 Å². The van der Waals surface area contributed by atoms with E-state index < -0.39 is 0 Å². The molecule has 2 heterocycles. The first-order valence-electron chi connectivity index (χ1n) is 7.97. The molecule has 0 aromatic rings. The number of hydrogen-bond donors (Lipinski definition) is 2. The SMILES string of the molecule is CC1CCNC1C(=O)N1CCC(NC(=O)C2CC2)CC1. The van der Waals surface area contributed by atoms with Crippen LogP contribution < -0.4 is 10.6 Å². The first kappa shape index (κ1) is 13.9. The number of carbonyl (C=O) groups excluding carboxylic acids is 2. The third kappa shape index (κ3) is 2.97. The second-order valence-corrected chi connectivity index (χ2v) is 6.58. The maximum atomic E-state index is 12.4. The van der Waals surface area contributed by atoms with Gasteiger partial charge >= 0.3 is 0 Å². The highest BCUT2D eigenvalue weighted by Gasteiger charge is 2.35. The molecule has 1 saturated carbocycles. The molecule has 3 fully saturated rings. The summed E-state index contributed by atoms with van der Waals surface area (Å²) in [5.74, 6) is 1.19. The summed E-state index contributed by atoms with van der Waals surface area (Å²) in [4.78, 5) is 26.1. The van der Waals surface area contributed by atoms with Crippen LogP contribution in [-0.2, 0) is 9.59 Å². The molecular formula is C15H25N3O2. The zero-order valence-electron chi connectivity index (χ0n) is 12.2. The molecule has 5 nitrogen and oxygen atoms in total. The number of rotatable bonds is 3. The van der Waals surface area contributed by atoms with Crippen molar-refractivity contribution in [2.45, 2.75) is 51.1 Å². The van der Waals surface area contributed by atoms with Gasteiger partial charge in [-0.2, -0.15) is 0 Å². The third-order valence-electron chi connectivity index (χ3n) is 4.90. The summed E-state index contributed by atoms with van der Waals surface area (Å²) in [6.07, 6.45) is 4.98. The third-order valence-corrected chi connectivity index (χ3v) is 4.90. The van der Waals surface area contributed by atoms with Crippen LogP contribution in [0.1, 0.15) is 39.0 Å². The Morgan fingerprint density at radius 2 is 1.80 bits per heavy atom. The number of piperidine rings is 1. The molecule has 2 aliphatic heterocycles.